The van der Waals surface area contributed by atoms with Crippen LogP contribution >= 0.6 is 0 Å². The standard InChI is InChI=1S/C10H18N4O/c1-6(2)9(12-4)10(15)14-7(3)5-8(11)13-14/h5-6,9,12H,1-4H3,(H2,11,13). The first-order chi connectivity index (χ1) is 6.97. The molecule has 1 heterocycles. The van der Waals surface area contributed by atoms with Crippen molar-refractivity contribution in [3.8, 4) is 0 Å². The summed E-state index contributed by atoms with van der Waals surface area (Å²) in [7, 11) is 1.77. The lowest BCUT2D eigenvalue weighted by molar-refractivity contribution is 0.0818. The Labute approximate surface area is 89.6 Å². The SMILES string of the molecule is CNC(C(=O)n1nc(N)cc1C)C(C)C. The van der Waals surface area contributed by atoms with E-state index in [9.17, 15) is 4.79 Å². The number of hydrogen-bond donors (Lipinski definition) is 2. The van der Waals surface area contributed by atoms with Crippen LogP contribution in [-0.2, 0) is 0 Å². The molecule has 0 aromatic carbocycles. The van der Waals surface area contributed by atoms with Crippen LogP contribution in [0.25, 0.3) is 0 Å². The molecule has 0 fully saturated rings. The smallest absolute Gasteiger partial charge is 0.264 e. The number of anilines is 1. The summed E-state index contributed by atoms with van der Waals surface area (Å²) in [4.78, 5) is 12.0. The minimum Gasteiger partial charge on any atom is -0.382 e. The van der Waals surface area contributed by atoms with Crippen LogP contribution in [0.1, 0.15) is 24.3 Å². The summed E-state index contributed by atoms with van der Waals surface area (Å²) in [5.74, 6) is 0.522. The molecular formula is C10H18N4O. The van der Waals surface area contributed by atoms with Crippen LogP contribution in [0.2, 0.25) is 0 Å². The van der Waals surface area contributed by atoms with Crippen molar-refractivity contribution in [1.82, 2.24) is 15.1 Å². The second-order valence-electron chi connectivity index (χ2n) is 3.97. The summed E-state index contributed by atoms with van der Waals surface area (Å²) in [5.41, 5.74) is 6.29. The van der Waals surface area contributed by atoms with Crippen molar-refractivity contribution < 1.29 is 4.79 Å². The van der Waals surface area contributed by atoms with Gasteiger partial charge in [-0.25, -0.2) is 4.68 Å². The van der Waals surface area contributed by atoms with Crippen LogP contribution in [-0.4, -0.2) is 28.8 Å². The van der Waals surface area contributed by atoms with Gasteiger partial charge in [-0.3, -0.25) is 4.79 Å². The molecule has 0 saturated carbocycles. The van der Waals surface area contributed by atoms with E-state index in [4.69, 9.17) is 5.73 Å². The van der Waals surface area contributed by atoms with Crippen LogP contribution in [0.3, 0.4) is 0 Å². The molecular weight excluding hydrogens is 192 g/mol. The predicted molar refractivity (Wildman–Crippen MR) is 59.7 cm³/mol. The Hall–Kier alpha value is -1.36. The third-order valence-corrected chi connectivity index (χ3v) is 2.36. The zero-order chi connectivity index (χ0) is 11.6. The fraction of sp³-hybridized carbons (Fsp3) is 0.600. The molecule has 0 aliphatic heterocycles. The molecule has 1 unspecified atom stereocenters. The second kappa shape index (κ2) is 4.44. The molecule has 0 bridgehead atoms. The number of likely N-dealkylation sites (N-methyl/N-ethyl adjacent to an activating group) is 1. The predicted octanol–water partition coefficient (Wildman–Crippen LogP) is 0.658. The van der Waals surface area contributed by atoms with Crippen molar-refractivity contribution in [3.63, 3.8) is 0 Å². The number of nitrogens with one attached hydrogen (secondary N) is 1. The molecule has 1 aromatic rings. The number of rotatable bonds is 3. The lowest BCUT2D eigenvalue weighted by atomic mass is 10.0. The fourth-order valence-electron chi connectivity index (χ4n) is 1.60. The Morgan fingerprint density at radius 1 is 1.60 bits per heavy atom. The molecule has 0 saturated heterocycles. The molecule has 1 rings (SSSR count). The molecule has 0 amide bonds. The zero-order valence-corrected chi connectivity index (χ0v) is 9.61. The van der Waals surface area contributed by atoms with E-state index < -0.39 is 0 Å². The van der Waals surface area contributed by atoms with E-state index >= 15 is 0 Å². The highest BCUT2D eigenvalue weighted by molar-refractivity contribution is 5.84. The lowest BCUT2D eigenvalue weighted by Gasteiger charge is -2.18. The van der Waals surface area contributed by atoms with Gasteiger partial charge in [-0.15, -0.1) is 5.10 Å². The normalized spacial score (nSPS) is 13.1. The van der Waals surface area contributed by atoms with Crippen LogP contribution in [0.5, 0.6) is 0 Å². The summed E-state index contributed by atoms with van der Waals surface area (Å²) >= 11 is 0. The van der Waals surface area contributed by atoms with Crippen molar-refractivity contribution in [2.75, 3.05) is 12.8 Å². The monoisotopic (exact) mass is 210 g/mol. The highest BCUT2D eigenvalue weighted by Crippen LogP contribution is 2.09. The van der Waals surface area contributed by atoms with Gasteiger partial charge in [0.2, 0.25) is 0 Å². The van der Waals surface area contributed by atoms with Gasteiger partial charge in [0.15, 0.2) is 0 Å². The molecule has 84 valence electrons. The number of nitrogen functional groups attached to an aromatic ring is 1. The molecule has 0 aliphatic rings. The van der Waals surface area contributed by atoms with Crippen molar-refractivity contribution >= 4 is 11.7 Å². The van der Waals surface area contributed by atoms with Crippen LogP contribution < -0.4 is 11.1 Å². The first kappa shape index (κ1) is 11.7. The number of nitrogens with zero attached hydrogens (tertiary/aromatic N) is 2. The first-order valence-corrected chi connectivity index (χ1v) is 5.01. The zero-order valence-electron chi connectivity index (χ0n) is 9.61. The van der Waals surface area contributed by atoms with Crippen molar-refractivity contribution in [3.05, 3.63) is 11.8 Å². The van der Waals surface area contributed by atoms with E-state index in [1.807, 2.05) is 20.8 Å². The molecule has 0 radical (unpaired) electrons. The van der Waals surface area contributed by atoms with E-state index in [0.29, 0.717) is 5.82 Å². The summed E-state index contributed by atoms with van der Waals surface area (Å²) in [6.07, 6.45) is 0. The van der Waals surface area contributed by atoms with Gasteiger partial charge >= 0.3 is 0 Å². The average Bonchev–Trinajstić information content (AvgIpc) is 2.45. The maximum Gasteiger partial charge on any atom is 0.264 e. The van der Waals surface area contributed by atoms with Gasteiger partial charge in [0.05, 0.1) is 6.04 Å². The highest BCUT2D eigenvalue weighted by Gasteiger charge is 2.23. The summed E-state index contributed by atoms with van der Waals surface area (Å²) in [6, 6.07) is 1.45. The van der Waals surface area contributed by atoms with Gasteiger partial charge in [0.1, 0.15) is 5.82 Å². The maximum atomic E-state index is 12.0. The van der Waals surface area contributed by atoms with E-state index in [1.165, 1.54) is 4.68 Å². The molecule has 0 spiro atoms. The van der Waals surface area contributed by atoms with Gasteiger partial charge in [0.25, 0.3) is 5.91 Å². The Morgan fingerprint density at radius 2 is 2.20 bits per heavy atom. The Kier molecular flexibility index (Phi) is 3.47. The molecule has 3 N–H and O–H groups in total. The summed E-state index contributed by atoms with van der Waals surface area (Å²) in [5, 5.41) is 6.95. The first-order valence-electron chi connectivity index (χ1n) is 5.01. The van der Waals surface area contributed by atoms with E-state index in [2.05, 4.69) is 10.4 Å². The van der Waals surface area contributed by atoms with Crippen molar-refractivity contribution in [2.24, 2.45) is 5.92 Å². The van der Waals surface area contributed by atoms with Gasteiger partial charge in [-0.1, -0.05) is 13.8 Å². The minimum atomic E-state index is -0.233. The van der Waals surface area contributed by atoms with E-state index in [-0.39, 0.29) is 17.9 Å². The van der Waals surface area contributed by atoms with Crippen molar-refractivity contribution in [1.29, 1.82) is 0 Å². The Bertz CT molecular complexity index is 356. The van der Waals surface area contributed by atoms with Crippen LogP contribution in [0.4, 0.5) is 5.82 Å². The number of aryl methyl sites for hydroxylation is 1. The van der Waals surface area contributed by atoms with Gasteiger partial charge in [0, 0.05) is 11.8 Å². The second-order valence-corrected chi connectivity index (χ2v) is 3.97. The summed E-state index contributed by atoms with van der Waals surface area (Å²) in [6.45, 7) is 5.79. The highest BCUT2D eigenvalue weighted by atomic mass is 16.2. The van der Waals surface area contributed by atoms with Crippen molar-refractivity contribution in [2.45, 2.75) is 26.8 Å². The van der Waals surface area contributed by atoms with Gasteiger partial charge < -0.3 is 11.1 Å². The maximum absolute atomic E-state index is 12.0. The van der Waals surface area contributed by atoms with Gasteiger partial charge in [-0.05, 0) is 19.9 Å². The summed E-state index contributed by atoms with van der Waals surface area (Å²) < 4.78 is 1.36. The quantitative estimate of drug-likeness (QED) is 0.768. The number of hydrogen-bond acceptors (Lipinski definition) is 4. The number of aromatic nitrogens is 2. The Morgan fingerprint density at radius 3 is 2.53 bits per heavy atom. The van der Waals surface area contributed by atoms with E-state index in [1.54, 1.807) is 13.1 Å². The molecule has 1 atom stereocenters. The fourth-order valence-corrected chi connectivity index (χ4v) is 1.60. The Balaban J connectivity index is 2.97. The third kappa shape index (κ3) is 2.36. The topological polar surface area (TPSA) is 72.9 Å². The average molecular weight is 210 g/mol. The largest absolute Gasteiger partial charge is 0.382 e. The molecule has 0 aliphatic carbocycles. The molecule has 1 aromatic heterocycles. The number of carbonyl (C=O) groups is 1. The molecule has 5 nitrogen and oxygen atoms in total. The van der Waals surface area contributed by atoms with Crippen LogP contribution in [0.15, 0.2) is 6.07 Å². The molecule has 15 heavy (non-hydrogen) atoms. The molecule has 5 heteroatoms. The lowest BCUT2D eigenvalue weighted by Crippen LogP contribution is -2.42. The van der Waals surface area contributed by atoms with Gasteiger partial charge in [-0.2, -0.15) is 0 Å². The minimum absolute atomic E-state index is 0.0679. The van der Waals surface area contributed by atoms with E-state index in [0.717, 1.165) is 5.69 Å². The third-order valence-electron chi connectivity index (χ3n) is 2.36. The number of nitrogens with two attached hydrogens (primary N) is 1. The van der Waals surface area contributed by atoms with Crippen LogP contribution in [0, 0.1) is 12.8 Å². The number of carbonyl (C=O) groups excluding carboxylic acids is 1.